The Bertz CT molecular complexity index is 544. The van der Waals surface area contributed by atoms with Gasteiger partial charge in [0.15, 0.2) is 9.84 Å². The lowest BCUT2D eigenvalue weighted by Crippen LogP contribution is -2.44. The molecule has 0 aliphatic carbocycles. The second-order valence-corrected chi connectivity index (χ2v) is 7.30. The van der Waals surface area contributed by atoms with E-state index < -0.39 is 22.0 Å². The molecule has 1 aliphatic rings. The maximum Gasteiger partial charge on any atom is 0.154 e. The zero-order valence-corrected chi connectivity index (χ0v) is 12.0. The first-order valence-corrected chi connectivity index (χ1v) is 8.31. The maximum absolute atomic E-state index is 11.6. The summed E-state index contributed by atoms with van der Waals surface area (Å²) in [6.45, 7) is 0.706. The van der Waals surface area contributed by atoms with Gasteiger partial charge in [0.1, 0.15) is 0 Å². The van der Waals surface area contributed by atoms with Crippen LogP contribution in [0.1, 0.15) is 5.56 Å². The summed E-state index contributed by atoms with van der Waals surface area (Å²) in [5.74, 6) is -0.273. The van der Waals surface area contributed by atoms with Crippen molar-refractivity contribution in [3.63, 3.8) is 0 Å². The number of aliphatic hydroxyl groups is 2. The van der Waals surface area contributed by atoms with Crippen LogP contribution in [-0.2, 0) is 16.4 Å². The molecule has 1 fully saturated rings. The molecule has 0 unspecified atom stereocenters. The van der Waals surface area contributed by atoms with Gasteiger partial charge in [0.05, 0.1) is 30.3 Å². The molecule has 1 aliphatic heterocycles. The highest BCUT2D eigenvalue weighted by molar-refractivity contribution is 7.91. The molecular weight excluding hydrogens is 280 g/mol. The first-order chi connectivity index (χ1) is 9.41. The first kappa shape index (κ1) is 15.2. The van der Waals surface area contributed by atoms with Crippen molar-refractivity contribution in [2.75, 3.05) is 30.4 Å². The summed E-state index contributed by atoms with van der Waals surface area (Å²) >= 11 is 0. The number of rotatable bonds is 5. The van der Waals surface area contributed by atoms with Crippen molar-refractivity contribution >= 4 is 15.5 Å². The Balaban J connectivity index is 2.13. The number of hydrogen-bond donors (Lipinski definition) is 3. The highest BCUT2D eigenvalue weighted by Crippen LogP contribution is 2.20. The summed E-state index contributed by atoms with van der Waals surface area (Å²) in [4.78, 5) is 1.81. The van der Waals surface area contributed by atoms with Gasteiger partial charge in [-0.05, 0) is 17.7 Å². The summed E-state index contributed by atoms with van der Waals surface area (Å²) < 4.78 is 23.2. The van der Waals surface area contributed by atoms with E-state index in [-0.39, 0.29) is 18.1 Å². The predicted octanol–water partition coefficient (Wildman–Crippen LogP) is -0.779. The molecule has 2 rings (SSSR count). The minimum Gasteiger partial charge on any atom is -0.399 e. The Morgan fingerprint density at radius 2 is 1.90 bits per heavy atom. The molecule has 112 valence electrons. The summed E-state index contributed by atoms with van der Waals surface area (Å²) in [5, 5.41) is 19.1. The third kappa shape index (κ3) is 3.69. The van der Waals surface area contributed by atoms with Crippen LogP contribution in [0, 0.1) is 0 Å². The number of hydrogen-bond acceptors (Lipinski definition) is 6. The van der Waals surface area contributed by atoms with Crippen LogP contribution in [0.2, 0.25) is 0 Å². The van der Waals surface area contributed by atoms with Gasteiger partial charge in [-0.3, -0.25) is 4.90 Å². The van der Waals surface area contributed by atoms with Crippen LogP contribution in [-0.4, -0.2) is 60.3 Å². The summed E-state index contributed by atoms with van der Waals surface area (Å²) in [7, 11) is -3.20. The topological polar surface area (TPSA) is 104 Å². The molecule has 6 nitrogen and oxygen atoms in total. The number of nitrogens with two attached hydrogens (primary N) is 1. The largest absolute Gasteiger partial charge is 0.399 e. The maximum atomic E-state index is 11.6. The minimum absolute atomic E-state index is 0.0663. The van der Waals surface area contributed by atoms with Gasteiger partial charge in [0.25, 0.3) is 0 Å². The Labute approximate surface area is 118 Å². The first-order valence-electron chi connectivity index (χ1n) is 6.49. The van der Waals surface area contributed by atoms with Crippen molar-refractivity contribution in [1.82, 2.24) is 4.90 Å². The van der Waals surface area contributed by atoms with Crippen molar-refractivity contribution in [2.24, 2.45) is 0 Å². The van der Waals surface area contributed by atoms with Gasteiger partial charge in [-0.15, -0.1) is 0 Å². The van der Waals surface area contributed by atoms with Crippen molar-refractivity contribution in [3.05, 3.63) is 29.8 Å². The lowest BCUT2D eigenvalue weighted by Gasteiger charge is -2.29. The third-order valence-corrected chi connectivity index (χ3v) is 5.21. The highest BCUT2D eigenvalue weighted by Gasteiger charge is 2.39. The van der Waals surface area contributed by atoms with Gasteiger partial charge < -0.3 is 15.9 Å². The van der Waals surface area contributed by atoms with Crippen LogP contribution < -0.4 is 5.73 Å². The lowest BCUT2D eigenvalue weighted by molar-refractivity contribution is 0.0655. The monoisotopic (exact) mass is 300 g/mol. The standard InChI is InChI=1S/C13H20N2O4S/c14-11-3-1-10(2-4-11)7-15(5-6-16)12-8-20(18,19)9-13(12)17/h1-4,12-13,16-17H,5-9,14H2/t12-,13-/m1/s1. The van der Waals surface area contributed by atoms with E-state index in [1.807, 2.05) is 12.1 Å². The molecule has 4 N–H and O–H groups in total. The zero-order chi connectivity index (χ0) is 14.8. The van der Waals surface area contributed by atoms with Crippen LogP contribution in [0.3, 0.4) is 0 Å². The molecule has 7 heteroatoms. The second-order valence-electron chi connectivity index (χ2n) is 5.15. The Morgan fingerprint density at radius 3 is 2.40 bits per heavy atom. The van der Waals surface area contributed by atoms with Gasteiger partial charge >= 0.3 is 0 Å². The van der Waals surface area contributed by atoms with Crippen molar-refractivity contribution in [3.8, 4) is 0 Å². The molecule has 1 heterocycles. The number of sulfone groups is 1. The smallest absolute Gasteiger partial charge is 0.154 e. The molecule has 0 bridgehead atoms. The number of aliphatic hydroxyl groups excluding tert-OH is 2. The number of anilines is 1. The van der Waals surface area contributed by atoms with Gasteiger partial charge in [-0.25, -0.2) is 8.42 Å². The van der Waals surface area contributed by atoms with E-state index in [2.05, 4.69) is 0 Å². The quantitative estimate of drug-likeness (QED) is 0.616. The van der Waals surface area contributed by atoms with Gasteiger partial charge in [0, 0.05) is 18.8 Å². The SMILES string of the molecule is Nc1ccc(CN(CCO)[C@@H]2CS(=O)(=O)C[C@H]2O)cc1. The fourth-order valence-electron chi connectivity index (χ4n) is 2.51. The van der Waals surface area contributed by atoms with Crippen LogP contribution >= 0.6 is 0 Å². The zero-order valence-electron chi connectivity index (χ0n) is 11.1. The normalized spacial score (nSPS) is 25.1. The van der Waals surface area contributed by atoms with Crippen molar-refractivity contribution in [1.29, 1.82) is 0 Å². The summed E-state index contributed by atoms with van der Waals surface area (Å²) in [5.41, 5.74) is 7.24. The lowest BCUT2D eigenvalue weighted by atomic mass is 10.1. The Hall–Kier alpha value is -1.15. The fraction of sp³-hybridized carbons (Fsp3) is 0.538. The van der Waals surface area contributed by atoms with E-state index in [9.17, 15) is 13.5 Å². The van der Waals surface area contributed by atoms with Crippen molar-refractivity contribution in [2.45, 2.75) is 18.7 Å². The molecule has 0 amide bonds. The van der Waals surface area contributed by atoms with E-state index in [0.29, 0.717) is 18.8 Å². The molecule has 0 radical (unpaired) electrons. The van der Waals surface area contributed by atoms with Crippen LogP contribution in [0.4, 0.5) is 5.69 Å². The molecule has 0 aromatic heterocycles. The molecule has 1 aromatic rings. The number of benzene rings is 1. The Kier molecular flexibility index (Phi) is 4.64. The minimum atomic E-state index is -3.20. The van der Waals surface area contributed by atoms with Crippen LogP contribution in [0.15, 0.2) is 24.3 Å². The predicted molar refractivity (Wildman–Crippen MR) is 76.8 cm³/mol. The molecule has 20 heavy (non-hydrogen) atoms. The van der Waals surface area contributed by atoms with E-state index in [1.54, 1.807) is 17.0 Å². The molecule has 1 saturated heterocycles. The second kappa shape index (κ2) is 6.09. The summed E-state index contributed by atoms with van der Waals surface area (Å²) in [6.07, 6.45) is -0.902. The number of nitrogen functional groups attached to an aromatic ring is 1. The fourth-order valence-corrected chi connectivity index (χ4v) is 4.34. The van der Waals surface area contributed by atoms with Crippen LogP contribution in [0.5, 0.6) is 0 Å². The Morgan fingerprint density at radius 1 is 1.25 bits per heavy atom. The summed E-state index contributed by atoms with van der Waals surface area (Å²) in [6, 6.07) is 6.79. The van der Waals surface area contributed by atoms with E-state index in [0.717, 1.165) is 5.56 Å². The van der Waals surface area contributed by atoms with Crippen molar-refractivity contribution < 1.29 is 18.6 Å². The van der Waals surface area contributed by atoms with E-state index in [4.69, 9.17) is 10.8 Å². The molecule has 2 atom stereocenters. The molecule has 1 aromatic carbocycles. The number of nitrogens with zero attached hydrogens (tertiary/aromatic N) is 1. The molecule has 0 saturated carbocycles. The van der Waals surface area contributed by atoms with Crippen LogP contribution in [0.25, 0.3) is 0 Å². The van der Waals surface area contributed by atoms with Gasteiger partial charge in [-0.1, -0.05) is 12.1 Å². The third-order valence-electron chi connectivity index (χ3n) is 3.52. The van der Waals surface area contributed by atoms with Gasteiger partial charge in [0.2, 0.25) is 0 Å². The van der Waals surface area contributed by atoms with E-state index >= 15 is 0 Å². The van der Waals surface area contributed by atoms with E-state index in [1.165, 1.54) is 0 Å². The average Bonchev–Trinajstić information content (AvgIpc) is 2.65. The molecule has 0 spiro atoms. The average molecular weight is 300 g/mol. The molecular formula is C13H20N2O4S. The highest BCUT2D eigenvalue weighted by atomic mass is 32.2. The van der Waals surface area contributed by atoms with Gasteiger partial charge in [-0.2, -0.15) is 0 Å².